The summed E-state index contributed by atoms with van der Waals surface area (Å²) in [6.45, 7) is 5.88. The van der Waals surface area contributed by atoms with E-state index in [1.165, 1.54) is 5.56 Å². The fraction of sp³-hybridized carbons (Fsp3) is 0.538. The molecule has 17 heavy (non-hydrogen) atoms. The lowest BCUT2D eigenvalue weighted by atomic mass is 10.1. The van der Waals surface area contributed by atoms with Gasteiger partial charge in [0, 0.05) is 16.2 Å². The van der Waals surface area contributed by atoms with Crippen molar-refractivity contribution in [2.75, 3.05) is 7.05 Å². The van der Waals surface area contributed by atoms with Crippen molar-refractivity contribution in [2.24, 2.45) is 0 Å². The third-order valence-electron chi connectivity index (χ3n) is 2.88. The Morgan fingerprint density at radius 3 is 2.41 bits per heavy atom. The summed E-state index contributed by atoms with van der Waals surface area (Å²) in [6, 6.07) is 6.37. The third-order valence-corrected chi connectivity index (χ3v) is 4.68. The maximum absolute atomic E-state index is 9.48. The SMILES string of the molecule is CNC(C)c1ccc(SC(C)C(C)O)c(Cl)c1. The summed E-state index contributed by atoms with van der Waals surface area (Å²) < 4.78 is 0. The molecule has 0 heterocycles. The van der Waals surface area contributed by atoms with Crippen LogP contribution in [0.15, 0.2) is 23.1 Å². The minimum atomic E-state index is -0.341. The van der Waals surface area contributed by atoms with Crippen LogP contribution in [0.2, 0.25) is 5.02 Å². The van der Waals surface area contributed by atoms with Gasteiger partial charge < -0.3 is 10.4 Å². The first-order valence-corrected chi connectivity index (χ1v) is 7.03. The van der Waals surface area contributed by atoms with Crippen LogP contribution in [0.4, 0.5) is 0 Å². The minimum absolute atomic E-state index is 0.139. The zero-order chi connectivity index (χ0) is 13.0. The monoisotopic (exact) mass is 273 g/mol. The van der Waals surface area contributed by atoms with Crippen molar-refractivity contribution in [1.82, 2.24) is 5.32 Å². The van der Waals surface area contributed by atoms with Gasteiger partial charge in [0.05, 0.1) is 11.1 Å². The van der Waals surface area contributed by atoms with Gasteiger partial charge in [0.1, 0.15) is 0 Å². The number of aliphatic hydroxyl groups is 1. The molecule has 0 fully saturated rings. The van der Waals surface area contributed by atoms with Crippen molar-refractivity contribution in [3.05, 3.63) is 28.8 Å². The average Bonchev–Trinajstić information content (AvgIpc) is 2.30. The second-order valence-corrected chi connectivity index (χ2v) is 6.09. The number of thioether (sulfide) groups is 1. The van der Waals surface area contributed by atoms with Gasteiger partial charge in [-0.25, -0.2) is 0 Å². The smallest absolute Gasteiger partial charge is 0.0631 e. The van der Waals surface area contributed by atoms with Crippen molar-refractivity contribution in [3.63, 3.8) is 0 Å². The lowest BCUT2D eigenvalue weighted by molar-refractivity contribution is 0.196. The Morgan fingerprint density at radius 1 is 1.29 bits per heavy atom. The van der Waals surface area contributed by atoms with Crippen LogP contribution >= 0.6 is 23.4 Å². The van der Waals surface area contributed by atoms with Crippen molar-refractivity contribution in [1.29, 1.82) is 0 Å². The van der Waals surface area contributed by atoms with Crippen LogP contribution in [-0.2, 0) is 0 Å². The molecular weight excluding hydrogens is 254 g/mol. The highest BCUT2D eigenvalue weighted by molar-refractivity contribution is 8.00. The molecule has 0 bridgehead atoms. The van der Waals surface area contributed by atoms with E-state index in [0.717, 1.165) is 9.92 Å². The third kappa shape index (κ3) is 4.18. The maximum Gasteiger partial charge on any atom is 0.0631 e. The van der Waals surface area contributed by atoms with E-state index in [9.17, 15) is 5.11 Å². The molecule has 1 rings (SSSR count). The number of hydrogen-bond donors (Lipinski definition) is 2. The van der Waals surface area contributed by atoms with Gasteiger partial charge in [-0.2, -0.15) is 0 Å². The molecule has 0 radical (unpaired) electrons. The van der Waals surface area contributed by atoms with Crippen LogP contribution in [-0.4, -0.2) is 23.5 Å². The van der Waals surface area contributed by atoms with E-state index in [-0.39, 0.29) is 11.4 Å². The van der Waals surface area contributed by atoms with E-state index in [4.69, 9.17) is 11.6 Å². The van der Waals surface area contributed by atoms with Crippen LogP contribution in [0.3, 0.4) is 0 Å². The van der Waals surface area contributed by atoms with E-state index < -0.39 is 0 Å². The Kier molecular flexibility index (Phi) is 5.80. The number of nitrogens with one attached hydrogen (secondary N) is 1. The average molecular weight is 274 g/mol. The second-order valence-electron chi connectivity index (χ2n) is 4.26. The van der Waals surface area contributed by atoms with Crippen LogP contribution < -0.4 is 5.32 Å². The van der Waals surface area contributed by atoms with Gasteiger partial charge >= 0.3 is 0 Å². The van der Waals surface area contributed by atoms with Crippen molar-refractivity contribution in [3.8, 4) is 0 Å². The number of benzene rings is 1. The standard InChI is InChI=1S/C13H20ClNOS/c1-8(15-4)11-5-6-13(12(14)7-11)17-10(3)9(2)16/h5-10,15-16H,1-4H3. The van der Waals surface area contributed by atoms with E-state index in [1.807, 2.05) is 26.1 Å². The molecule has 2 nitrogen and oxygen atoms in total. The Labute approximate surface area is 113 Å². The summed E-state index contributed by atoms with van der Waals surface area (Å²) in [7, 11) is 1.93. The Balaban J connectivity index is 2.83. The maximum atomic E-state index is 9.48. The molecule has 0 aromatic heterocycles. The Bertz CT molecular complexity index is 370. The summed E-state index contributed by atoms with van der Waals surface area (Å²) >= 11 is 7.85. The zero-order valence-corrected chi connectivity index (χ0v) is 12.3. The molecule has 4 heteroatoms. The molecule has 3 atom stereocenters. The molecule has 0 spiro atoms. The summed E-state index contributed by atoms with van der Waals surface area (Å²) in [4.78, 5) is 1.02. The van der Waals surface area contributed by atoms with Crippen LogP contribution in [0.1, 0.15) is 32.4 Å². The Morgan fingerprint density at radius 2 is 1.94 bits per heavy atom. The molecule has 0 saturated heterocycles. The molecule has 3 unspecified atom stereocenters. The zero-order valence-electron chi connectivity index (χ0n) is 10.7. The molecular formula is C13H20ClNOS. The predicted molar refractivity (Wildman–Crippen MR) is 75.9 cm³/mol. The van der Waals surface area contributed by atoms with Crippen molar-refractivity contribution >= 4 is 23.4 Å². The molecule has 96 valence electrons. The highest BCUT2D eigenvalue weighted by Gasteiger charge is 2.13. The predicted octanol–water partition coefficient (Wildman–Crippen LogP) is 3.48. The fourth-order valence-electron chi connectivity index (χ4n) is 1.35. The number of rotatable bonds is 5. The van der Waals surface area contributed by atoms with Crippen LogP contribution in [0, 0.1) is 0 Å². The molecule has 0 amide bonds. The van der Waals surface area contributed by atoms with Crippen molar-refractivity contribution in [2.45, 2.75) is 43.1 Å². The fourth-order valence-corrected chi connectivity index (χ4v) is 2.59. The first kappa shape index (κ1) is 14.8. The molecule has 0 aliphatic heterocycles. The highest BCUT2D eigenvalue weighted by Crippen LogP contribution is 2.33. The molecule has 0 aliphatic rings. The van der Waals surface area contributed by atoms with E-state index in [1.54, 1.807) is 18.7 Å². The van der Waals surface area contributed by atoms with Crippen LogP contribution in [0.5, 0.6) is 0 Å². The van der Waals surface area contributed by atoms with Gasteiger partial charge in [-0.15, -0.1) is 11.8 Å². The minimum Gasteiger partial charge on any atom is -0.392 e. The van der Waals surface area contributed by atoms with E-state index >= 15 is 0 Å². The van der Waals surface area contributed by atoms with Gasteiger partial charge in [-0.3, -0.25) is 0 Å². The molecule has 2 N–H and O–H groups in total. The normalized spacial score (nSPS) is 16.6. The largest absolute Gasteiger partial charge is 0.392 e. The first-order chi connectivity index (χ1) is 7.95. The quantitative estimate of drug-likeness (QED) is 0.806. The molecule has 0 saturated carbocycles. The molecule has 1 aromatic carbocycles. The summed E-state index contributed by atoms with van der Waals surface area (Å²) in [5, 5.41) is 13.6. The van der Waals surface area contributed by atoms with Gasteiger partial charge in [0.2, 0.25) is 0 Å². The lowest BCUT2D eigenvalue weighted by Crippen LogP contribution is -2.15. The second kappa shape index (κ2) is 6.64. The number of aliphatic hydroxyl groups excluding tert-OH is 1. The number of hydrogen-bond acceptors (Lipinski definition) is 3. The number of halogens is 1. The van der Waals surface area contributed by atoms with E-state index in [2.05, 4.69) is 18.3 Å². The first-order valence-electron chi connectivity index (χ1n) is 5.77. The summed E-state index contributed by atoms with van der Waals surface area (Å²) in [6.07, 6.45) is -0.341. The van der Waals surface area contributed by atoms with E-state index in [0.29, 0.717) is 6.04 Å². The van der Waals surface area contributed by atoms with Crippen LogP contribution in [0.25, 0.3) is 0 Å². The van der Waals surface area contributed by atoms with Gasteiger partial charge in [0.25, 0.3) is 0 Å². The molecule has 0 aliphatic carbocycles. The van der Waals surface area contributed by atoms with Gasteiger partial charge in [-0.05, 0) is 38.6 Å². The van der Waals surface area contributed by atoms with Gasteiger partial charge in [-0.1, -0.05) is 24.6 Å². The Hall–Kier alpha value is -0.220. The topological polar surface area (TPSA) is 32.3 Å². The lowest BCUT2D eigenvalue weighted by Gasteiger charge is -2.16. The molecule has 1 aromatic rings. The highest BCUT2D eigenvalue weighted by atomic mass is 35.5. The summed E-state index contributed by atoms with van der Waals surface area (Å²) in [5.41, 5.74) is 1.17. The van der Waals surface area contributed by atoms with Gasteiger partial charge in [0.15, 0.2) is 0 Å². The van der Waals surface area contributed by atoms with Crippen molar-refractivity contribution < 1.29 is 5.11 Å². The summed E-state index contributed by atoms with van der Waals surface area (Å²) in [5.74, 6) is 0.